The number of rotatable bonds is 4. The predicted molar refractivity (Wildman–Crippen MR) is 107 cm³/mol. The Bertz CT molecular complexity index is 917. The molecule has 1 fully saturated rings. The molecule has 0 aliphatic heterocycles. The average Bonchev–Trinajstić information content (AvgIpc) is 2.69. The first-order valence-electron chi connectivity index (χ1n) is 10.5. The van der Waals surface area contributed by atoms with Gasteiger partial charge in [0.2, 0.25) is 0 Å². The molecule has 4 unspecified atom stereocenters. The van der Waals surface area contributed by atoms with E-state index in [2.05, 4.69) is 6.08 Å². The van der Waals surface area contributed by atoms with Crippen LogP contribution in [-0.2, 0) is 6.42 Å². The van der Waals surface area contributed by atoms with Crippen LogP contribution in [0.4, 0.5) is 17.6 Å². The van der Waals surface area contributed by atoms with Gasteiger partial charge in [-0.2, -0.15) is 0 Å². The third-order valence-electron chi connectivity index (χ3n) is 6.92. The van der Waals surface area contributed by atoms with Crippen molar-refractivity contribution in [3.05, 3.63) is 82.4 Å². The molecule has 4 heteroatoms. The fraction of sp³-hybridized carbons (Fsp3) is 0.440. The summed E-state index contributed by atoms with van der Waals surface area (Å²) in [5.74, 6) is -2.03. The van der Waals surface area contributed by atoms with Crippen LogP contribution in [0.15, 0.2) is 42.5 Å². The third kappa shape index (κ3) is 3.86. The van der Waals surface area contributed by atoms with E-state index in [0.29, 0.717) is 17.9 Å². The highest BCUT2D eigenvalue weighted by atomic mass is 19.2. The van der Waals surface area contributed by atoms with Crippen molar-refractivity contribution in [1.29, 1.82) is 0 Å². The average molecular weight is 402 g/mol. The number of hydrogen-bond acceptors (Lipinski definition) is 0. The third-order valence-corrected chi connectivity index (χ3v) is 6.92. The standard InChI is InChI=1S/C25H26F4/c1-2-3-4-5-15-6-8-18-20(25(15)16-7-11-22(27)24(29)12-16)10-9-19-21(18)13-17(26)14-23(19)28/h2-3,7,11-15,18,20,25H,4-6,8-10H2,1H3. The summed E-state index contributed by atoms with van der Waals surface area (Å²) in [6.07, 6.45) is 9.21. The number of halogens is 4. The van der Waals surface area contributed by atoms with Gasteiger partial charge in [0.15, 0.2) is 11.6 Å². The number of allylic oxidation sites excluding steroid dienone is 2. The van der Waals surface area contributed by atoms with Crippen molar-refractivity contribution in [2.45, 2.75) is 57.3 Å². The molecule has 0 radical (unpaired) electrons. The Labute approximate surface area is 169 Å². The van der Waals surface area contributed by atoms with Gasteiger partial charge in [0.05, 0.1) is 0 Å². The van der Waals surface area contributed by atoms with Crippen molar-refractivity contribution in [3.8, 4) is 0 Å². The van der Waals surface area contributed by atoms with Crippen LogP contribution < -0.4 is 0 Å². The maximum absolute atomic E-state index is 14.4. The minimum absolute atomic E-state index is 0.0556. The molecule has 2 aromatic rings. The van der Waals surface area contributed by atoms with Crippen LogP contribution in [0, 0.1) is 35.1 Å². The van der Waals surface area contributed by atoms with Crippen molar-refractivity contribution in [2.24, 2.45) is 11.8 Å². The molecule has 0 bridgehead atoms. The summed E-state index contributed by atoms with van der Waals surface area (Å²) in [7, 11) is 0. The summed E-state index contributed by atoms with van der Waals surface area (Å²) in [6, 6.07) is 6.67. The van der Waals surface area contributed by atoms with Crippen molar-refractivity contribution in [3.63, 3.8) is 0 Å². The molecule has 0 amide bonds. The Balaban J connectivity index is 1.73. The monoisotopic (exact) mass is 402 g/mol. The van der Waals surface area contributed by atoms with E-state index in [0.717, 1.165) is 49.3 Å². The van der Waals surface area contributed by atoms with Crippen LogP contribution in [0.2, 0.25) is 0 Å². The zero-order valence-electron chi connectivity index (χ0n) is 16.6. The van der Waals surface area contributed by atoms with Gasteiger partial charge in [-0.15, -0.1) is 0 Å². The summed E-state index contributed by atoms with van der Waals surface area (Å²) in [5.41, 5.74) is 2.21. The summed E-state index contributed by atoms with van der Waals surface area (Å²) in [5, 5.41) is 0. The molecule has 0 saturated heterocycles. The maximum Gasteiger partial charge on any atom is 0.159 e. The lowest BCUT2D eigenvalue weighted by Crippen LogP contribution is -2.35. The van der Waals surface area contributed by atoms with Crippen LogP contribution in [0.25, 0.3) is 0 Å². The zero-order valence-corrected chi connectivity index (χ0v) is 16.6. The van der Waals surface area contributed by atoms with Crippen molar-refractivity contribution < 1.29 is 17.6 Å². The van der Waals surface area contributed by atoms with E-state index >= 15 is 0 Å². The highest BCUT2D eigenvalue weighted by Crippen LogP contribution is 2.55. The molecule has 0 spiro atoms. The molecule has 1 saturated carbocycles. The Morgan fingerprint density at radius 1 is 0.931 bits per heavy atom. The van der Waals surface area contributed by atoms with Crippen LogP contribution in [0.5, 0.6) is 0 Å². The first kappa shape index (κ1) is 20.2. The first-order valence-corrected chi connectivity index (χ1v) is 10.5. The molecule has 0 N–H and O–H groups in total. The number of fused-ring (bicyclic) bond motifs is 3. The van der Waals surface area contributed by atoms with E-state index < -0.39 is 23.3 Å². The van der Waals surface area contributed by atoms with Crippen molar-refractivity contribution in [1.82, 2.24) is 0 Å². The molecule has 4 rings (SSSR count). The van der Waals surface area contributed by atoms with Crippen LogP contribution in [0.3, 0.4) is 0 Å². The van der Waals surface area contributed by atoms with Gasteiger partial charge >= 0.3 is 0 Å². The van der Waals surface area contributed by atoms with Gasteiger partial charge in [-0.1, -0.05) is 18.2 Å². The topological polar surface area (TPSA) is 0 Å². The van der Waals surface area contributed by atoms with E-state index in [9.17, 15) is 17.6 Å². The molecule has 0 aromatic heterocycles. The highest BCUT2D eigenvalue weighted by Gasteiger charge is 2.43. The molecule has 29 heavy (non-hydrogen) atoms. The lowest BCUT2D eigenvalue weighted by atomic mass is 9.57. The Morgan fingerprint density at radius 2 is 1.76 bits per heavy atom. The smallest absolute Gasteiger partial charge is 0.159 e. The summed E-state index contributed by atoms with van der Waals surface area (Å²) in [4.78, 5) is 0. The SMILES string of the molecule is CC=CCCC1CCC2c3cc(F)cc(F)c3CCC2C1c1ccc(F)c(F)c1. The summed E-state index contributed by atoms with van der Waals surface area (Å²) >= 11 is 0. The minimum atomic E-state index is -0.843. The first-order chi connectivity index (χ1) is 14.0. The van der Waals surface area contributed by atoms with E-state index in [1.807, 2.05) is 13.0 Å². The molecule has 2 aliphatic carbocycles. The second-order valence-corrected chi connectivity index (χ2v) is 8.45. The van der Waals surface area contributed by atoms with Gasteiger partial charge in [0.25, 0.3) is 0 Å². The van der Waals surface area contributed by atoms with Crippen molar-refractivity contribution in [2.75, 3.05) is 0 Å². The van der Waals surface area contributed by atoms with Gasteiger partial charge in [0.1, 0.15) is 11.6 Å². The fourth-order valence-corrected chi connectivity index (χ4v) is 5.72. The molecule has 4 atom stereocenters. The maximum atomic E-state index is 14.4. The molecule has 154 valence electrons. The quantitative estimate of drug-likeness (QED) is 0.368. The van der Waals surface area contributed by atoms with Crippen LogP contribution >= 0.6 is 0 Å². The van der Waals surface area contributed by atoms with E-state index in [1.54, 1.807) is 6.07 Å². The molecule has 0 nitrogen and oxygen atoms in total. The van der Waals surface area contributed by atoms with Crippen molar-refractivity contribution >= 4 is 0 Å². The number of hydrogen-bond donors (Lipinski definition) is 0. The Kier molecular flexibility index (Phi) is 5.80. The predicted octanol–water partition coefficient (Wildman–Crippen LogP) is 7.44. The van der Waals surface area contributed by atoms with Gasteiger partial charge in [-0.25, -0.2) is 17.6 Å². The Morgan fingerprint density at radius 3 is 2.52 bits per heavy atom. The van der Waals surface area contributed by atoms with Crippen LogP contribution in [-0.4, -0.2) is 0 Å². The lowest BCUT2D eigenvalue weighted by molar-refractivity contribution is 0.160. The molecule has 2 aromatic carbocycles. The van der Waals surface area contributed by atoms with Gasteiger partial charge in [-0.05, 0) is 104 Å². The lowest BCUT2D eigenvalue weighted by Gasteiger charge is -2.47. The highest BCUT2D eigenvalue weighted by molar-refractivity contribution is 5.38. The summed E-state index contributed by atoms with van der Waals surface area (Å²) < 4.78 is 55.9. The van der Waals surface area contributed by atoms with E-state index in [1.165, 1.54) is 18.2 Å². The van der Waals surface area contributed by atoms with Gasteiger partial charge in [0, 0.05) is 6.07 Å². The molecule has 0 heterocycles. The molecular formula is C25H26F4. The Hall–Kier alpha value is -2.10. The number of benzene rings is 2. The zero-order chi connectivity index (χ0) is 20.5. The second kappa shape index (κ2) is 8.33. The largest absolute Gasteiger partial charge is 0.207 e. The normalized spacial score (nSPS) is 26.4. The van der Waals surface area contributed by atoms with E-state index in [4.69, 9.17) is 0 Å². The van der Waals surface area contributed by atoms with Crippen LogP contribution in [0.1, 0.15) is 67.6 Å². The second-order valence-electron chi connectivity index (χ2n) is 8.45. The fourth-order valence-electron chi connectivity index (χ4n) is 5.72. The van der Waals surface area contributed by atoms with E-state index in [-0.39, 0.29) is 17.8 Å². The molecular weight excluding hydrogens is 376 g/mol. The minimum Gasteiger partial charge on any atom is -0.207 e. The molecule has 2 aliphatic rings. The van der Waals surface area contributed by atoms with Gasteiger partial charge < -0.3 is 0 Å². The van der Waals surface area contributed by atoms with Gasteiger partial charge in [-0.3, -0.25) is 0 Å². The summed E-state index contributed by atoms with van der Waals surface area (Å²) in [6.45, 7) is 1.99.